The number of rotatable bonds is 6. The van der Waals surface area contributed by atoms with Crippen LogP contribution in [0.25, 0.3) is 0 Å². The summed E-state index contributed by atoms with van der Waals surface area (Å²) in [5, 5.41) is 3.22. The molecule has 1 aromatic rings. The first-order chi connectivity index (χ1) is 10.1. The highest BCUT2D eigenvalue weighted by molar-refractivity contribution is 7.91. The van der Waals surface area contributed by atoms with Gasteiger partial charge in [0.05, 0.1) is 0 Å². The summed E-state index contributed by atoms with van der Waals surface area (Å²) in [6.07, 6.45) is 3.23. The van der Waals surface area contributed by atoms with Gasteiger partial charge in [0, 0.05) is 30.1 Å². The van der Waals surface area contributed by atoms with E-state index in [1.807, 2.05) is 13.0 Å². The second kappa shape index (κ2) is 6.34. The van der Waals surface area contributed by atoms with E-state index in [0.29, 0.717) is 10.3 Å². The maximum absolute atomic E-state index is 12.5. The zero-order valence-corrected chi connectivity index (χ0v) is 14.0. The first kappa shape index (κ1) is 15.4. The lowest BCUT2D eigenvalue weighted by Gasteiger charge is -2.20. The van der Waals surface area contributed by atoms with Gasteiger partial charge in [-0.15, -0.1) is 11.3 Å². The van der Waals surface area contributed by atoms with Crippen LogP contribution >= 0.6 is 11.3 Å². The first-order valence-electron chi connectivity index (χ1n) is 7.66. The monoisotopic (exact) mass is 329 g/mol. The molecule has 21 heavy (non-hydrogen) atoms. The number of hydrogen-bond acceptors (Lipinski definition) is 5. The molecule has 118 valence electrons. The van der Waals surface area contributed by atoms with Crippen LogP contribution in [0.1, 0.15) is 31.1 Å². The minimum Gasteiger partial charge on any atom is -0.312 e. The summed E-state index contributed by atoms with van der Waals surface area (Å²) in [6, 6.07) is 4.11. The molecule has 5 nitrogen and oxygen atoms in total. The van der Waals surface area contributed by atoms with Crippen LogP contribution in [-0.4, -0.2) is 45.0 Å². The topological polar surface area (TPSA) is 61.4 Å². The first-order valence-corrected chi connectivity index (χ1v) is 9.96. The Morgan fingerprint density at radius 2 is 2.19 bits per heavy atom. The zero-order valence-electron chi connectivity index (χ0n) is 12.3. The molecular weight excluding hydrogens is 306 g/mol. The van der Waals surface area contributed by atoms with Crippen molar-refractivity contribution in [2.75, 3.05) is 19.6 Å². The summed E-state index contributed by atoms with van der Waals surface area (Å²) in [5.74, 6) is 0. The lowest BCUT2D eigenvalue weighted by atomic mass is 10.1. The van der Waals surface area contributed by atoms with Crippen LogP contribution in [0.15, 0.2) is 16.3 Å². The normalized spacial score (nSPS) is 26.3. The van der Waals surface area contributed by atoms with Crippen molar-refractivity contribution in [2.45, 2.75) is 49.0 Å². The second-order valence-corrected chi connectivity index (χ2v) is 8.87. The standard InChI is InChI=1S/C14H23N3O2S2/c1-2-15-10-11-5-6-14(20-11)21(18,19)16-12-7-9-17-8-3-4-13(12)17/h5-6,12-13,15-16H,2-4,7-10H2,1H3. The van der Waals surface area contributed by atoms with E-state index in [2.05, 4.69) is 14.9 Å². The number of nitrogens with one attached hydrogen (secondary N) is 2. The van der Waals surface area contributed by atoms with Gasteiger partial charge in [-0.3, -0.25) is 4.90 Å². The van der Waals surface area contributed by atoms with Gasteiger partial charge in [-0.05, 0) is 44.5 Å². The van der Waals surface area contributed by atoms with Crippen LogP contribution < -0.4 is 10.0 Å². The lowest BCUT2D eigenvalue weighted by molar-refractivity contribution is 0.309. The summed E-state index contributed by atoms with van der Waals surface area (Å²) < 4.78 is 28.4. The molecule has 2 fully saturated rings. The van der Waals surface area contributed by atoms with Gasteiger partial charge >= 0.3 is 0 Å². The fourth-order valence-electron chi connectivity index (χ4n) is 3.32. The van der Waals surface area contributed by atoms with E-state index >= 15 is 0 Å². The molecule has 2 aliphatic rings. The SMILES string of the molecule is CCNCc1ccc(S(=O)(=O)NC2CCN3CCCC23)s1. The van der Waals surface area contributed by atoms with E-state index in [9.17, 15) is 8.42 Å². The van der Waals surface area contributed by atoms with Crippen molar-refractivity contribution in [2.24, 2.45) is 0 Å². The predicted molar refractivity (Wildman–Crippen MR) is 85.0 cm³/mol. The van der Waals surface area contributed by atoms with E-state index < -0.39 is 10.0 Å². The van der Waals surface area contributed by atoms with Gasteiger partial charge in [-0.1, -0.05) is 6.92 Å². The average molecular weight is 329 g/mol. The van der Waals surface area contributed by atoms with Crippen molar-refractivity contribution in [3.8, 4) is 0 Å². The van der Waals surface area contributed by atoms with Gasteiger partial charge in [-0.25, -0.2) is 13.1 Å². The molecule has 3 heterocycles. The number of nitrogens with zero attached hydrogens (tertiary/aromatic N) is 1. The maximum Gasteiger partial charge on any atom is 0.250 e. The highest BCUT2D eigenvalue weighted by Crippen LogP contribution is 2.30. The van der Waals surface area contributed by atoms with Crippen molar-refractivity contribution in [3.63, 3.8) is 0 Å². The Morgan fingerprint density at radius 3 is 3.00 bits per heavy atom. The summed E-state index contributed by atoms with van der Waals surface area (Å²) in [4.78, 5) is 3.48. The third-order valence-corrected chi connectivity index (χ3v) is 7.43. The molecule has 0 aliphatic carbocycles. The quantitative estimate of drug-likeness (QED) is 0.828. The van der Waals surface area contributed by atoms with E-state index in [1.54, 1.807) is 6.07 Å². The third-order valence-electron chi connectivity index (χ3n) is 4.36. The Kier molecular flexibility index (Phi) is 4.66. The van der Waals surface area contributed by atoms with Crippen molar-refractivity contribution in [1.82, 2.24) is 14.9 Å². The fourth-order valence-corrected chi connectivity index (χ4v) is 5.97. The Bertz CT molecular complexity index is 585. The van der Waals surface area contributed by atoms with Crippen LogP contribution in [0, 0.1) is 0 Å². The smallest absolute Gasteiger partial charge is 0.250 e. The molecule has 0 aromatic carbocycles. The zero-order chi connectivity index (χ0) is 14.9. The van der Waals surface area contributed by atoms with Gasteiger partial charge in [0.1, 0.15) is 4.21 Å². The summed E-state index contributed by atoms with van der Waals surface area (Å²) in [7, 11) is -3.37. The Morgan fingerprint density at radius 1 is 1.33 bits per heavy atom. The van der Waals surface area contributed by atoms with Crippen LogP contribution in [0.5, 0.6) is 0 Å². The van der Waals surface area contributed by atoms with Gasteiger partial charge in [0.2, 0.25) is 10.0 Å². The van der Waals surface area contributed by atoms with Gasteiger partial charge in [-0.2, -0.15) is 0 Å². The Labute approximate surface area is 130 Å². The van der Waals surface area contributed by atoms with Crippen LogP contribution in [0.3, 0.4) is 0 Å². The van der Waals surface area contributed by atoms with E-state index in [1.165, 1.54) is 17.8 Å². The summed E-state index contributed by atoms with van der Waals surface area (Å²) in [5.41, 5.74) is 0. The van der Waals surface area contributed by atoms with Crippen molar-refractivity contribution < 1.29 is 8.42 Å². The number of thiophene rings is 1. The van der Waals surface area contributed by atoms with Gasteiger partial charge in [0.15, 0.2) is 0 Å². The minimum absolute atomic E-state index is 0.0804. The second-order valence-electron chi connectivity index (χ2n) is 5.76. The van der Waals surface area contributed by atoms with E-state index in [4.69, 9.17) is 0 Å². The molecule has 2 N–H and O–H groups in total. The number of fused-ring (bicyclic) bond motifs is 1. The van der Waals surface area contributed by atoms with Gasteiger partial charge < -0.3 is 5.32 Å². The highest BCUT2D eigenvalue weighted by Gasteiger charge is 2.39. The van der Waals surface area contributed by atoms with Crippen LogP contribution in [-0.2, 0) is 16.6 Å². The summed E-state index contributed by atoms with van der Waals surface area (Å²) >= 11 is 1.36. The van der Waals surface area contributed by atoms with E-state index in [-0.39, 0.29) is 6.04 Å². The third kappa shape index (κ3) is 3.32. The molecule has 2 unspecified atom stereocenters. The van der Waals surface area contributed by atoms with Crippen molar-refractivity contribution >= 4 is 21.4 Å². The minimum atomic E-state index is -3.37. The van der Waals surface area contributed by atoms with E-state index in [0.717, 1.165) is 43.9 Å². The number of hydrogen-bond donors (Lipinski definition) is 2. The molecular formula is C14H23N3O2S2. The lowest BCUT2D eigenvalue weighted by Crippen LogP contribution is -2.42. The molecule has 2 saturated heterocycles. The average Bonchev–Trinajstić information content (AvgIpc) is 3.14. The molecule has 0 saturated carbocycles. The van der Waals surface area contributed by atoms with Crippen LogP contribution in [0.4, 0.5) is 0 Å². The Balaban J connectivity index is 1.67. The predicted octanol–water partition coefficient (Wildman–Crippen LogP) is 1.37. The maximum atomic E-state index is 12.5. The van der Waals surface area contributed by atoms with Gasteiger partial charge in [0.25, 0.3) is 0 Å². The molecule has 0 spiro atoms. The molecule has 0 bridgehead atoms. The Hall–Kier alpha value is -0.470. The molecule has 2 aliphatic heterocycles. The molecule has 0 amide bonds. The molecule has 3 rings (SSSR count). The fraction of sp³-hybridized carbons (Fsp3) is 0.714. The van der Waals surface area contributed by atoms with Crippen molar-refractivity contribution in [3.05, 3.63) is 17.0 Å². The molecule has 2 atom stereocenters. The molecule has 1 aromatic heterocycles. The largest absolute Gasteiger partial charge is 0.312 e. The van der Waals surface area contributed by atoms with Crippen molar-refractivity contribution in [1.29, 1.82) is 0 Å². The summed E-state index contributed by atoms with van der Waals surface area (Å²) in [6.45, 7) is 5.80. The van der Waals surface area contributed by atoms with Crippen LogP contribution in [0.2, 0.25) is 0 Å². The molecule has 0 radical (unpaired) electrons. The highest BCUT2D eigenvalue weighted by atomic mass is 32.2. The number of sulfonamides is 1. The molecule has 7 heteroatoms.